The van der Waals surface area contributed by atoms with E-state index < -0.39 is 0 Å². The maximum Gasteiger partial charge on any atom is 0.173 e. The third-order valence-electron chi connectivity index (χ3n) is 1.77. The molecule has 0 saturated heterocycles. The lowest BCUT2D eigenvalue weighted by Crippen LogP contribution is -1.92. The second-order valence-corrected chi connectivity index (χ2v) is 4.15. The molecule has 2 heterocycles. The molecule has 76 valence electrons. The van der Waals surface area contributed by atoms with Gasteiger partial charge in [-0.25, -0.2) is 15.0 Å². The first-order valence-electron chi connectivity index (χ1n) is 4.37. The molecule has 2 rings (SSSR count). The lowest BCUT2D eigenvalue weighted by molar-refractivity contribution is 1.19. The summed E-state index contributed by atoms with van der Waals surface area (Å²) in [6.07, 6.45) is 3.38. The highest BCUT2D eigenvalue weighted by Crippen LogP contribution is 2.26. The Morgan fingerprint density at radius 1 is 1.47 bits per heavy atom. The summed E-state index contributed by atoms with van der Waals surface area (Å²) in [4.78, 5) is 13.4. The number of nitrogen functional groups attached to an aromatic ring is 1. The Bertz CT molecular complexity index is 504. The quantitative estimate of drug-likeness (QED) is 0.839. The van der Waals surface area contributed by atoms with Crippen molar-refractivity contribution in [3.8, 4) is 10.7 Å². The lowest BCUT2D eigenvalue weighted by Gasteiger charge is -1.95. The van der Waals surface area contributed by atoms with E-state index in [1.165, 1.54) is 11.3 Å². The molecule has 0 aromatic carbocycles. The van der Waals surface area contributed by atoms with Gasteiger partial charge in [-0.2, -0.15) is 0 Å². The number of anilines is 1. The van der Waals surface area contributed by atoms with Crippen LogP contribution in [0.2, 0.25) is 0 Å². The largest absolute Gasteiger partial charge is 0.384 e. The Kier molecular flexibility index (Phi) is 2.47. The number of rotatable bonds is 2. The van der Waals surface area contributed by atoms with E-state index in [0.717, 1.165) is 15.5 Å². The molecule has 0 bridgehead atoms. The van der Waals surface area contributed by atoms with Gasteiger partial charge in [-0.15, -0.1) is 11.3 Å². The summed E-state index contributed by atoms with van der Waals surface area (Å²) in [7, 11) is 0. The van der Waals surface area contributed by atoms with Crippen LogP contribution in [0, 0.1) is 0 Å². The highest BCUT2D eigenvalue weighted by molar-refractivity contribution is 7.16. The van der Waals surface area contributed by atoms with Gasteiger partial charge in [0, 0.05) is 12.4 Å². The summed E-state index contributed by atoms with van der Waals surface area (Å²) in [6, 6.07) is 1.66. The average molecular weight is 218 g/mol. The summed E-state index contributed by atoms with van der Waals surface area (Å²) in [5.74, 6) is 1.07. The molecule has 2 aromatic heterocycles. The van der Waals surface area contributed by atoms with Crippen LogP contribution in [0.15, 0.2) is 25.0 Å². The van der Waals surface area contributed by atoms with E-state index in [9.17, 15) is 0 Å². The van der Waals surface area contributed by atoms with Crippen molar-refractivity contribution < 1.29 is 0 Å². The van der Waals surface area contributed by atoms with Crippen molar-refractivity contribution in [1.82, 2.24) is 15.0 Å². The topological polar surface area (TPSA) is 64.7 Å². The van der Waals surface area contributed by atoms with E-state index in [-0.39, 0.29) is 0 Å². The Hall–Kier alpha value is -1.75. The second-order valence-electron chi connectivity index (χ2n) is 3.12. The van der Waals surface area contributed by atoms with Crippen LogP contribution in [0.1, 0.15) is 11.9 Å². The van der Waals surface area contributed by atoms with Crippen molar-refractivity contribution >= 4 is 22.7 Å². The van der Waals surface area contributed by atoms with E-state index in [1.54, 1.807) is 18.5 Å². The molecule has 0 unspecified atom stereocenters. The van der Waals surface area contributed by atoms with Crippen LogP contribution in [-0.2, 0) is 0 Å². The van der Waals surface area contributed by atoms with Crippen LogP contribution in [0.4, 0.5) is 5.82 Å². The molecule has 2 aromatic rings. The van der Waals surface area contributed by atoms with Crippen molar-refractivity contribution in [2.24, 2.45) is 0 Å². The molecule has 0 amide bonds. The molecule has 0 saturated carbocycles. The predicted molar refractivity (Wildman–Crippen MR) is 62.3 cm³/mol. The fourth-order valence-corrected chi connectivity index (χ4v) is 1.85. The van der Waals surface area contributed by atoms with Gasteiger partial charge in [0.15, 0.2) is 5.82 Å². The van der Waals surface area contributed by atoms with Crippen LogP contribution in [0.25, 0.3) is 16.3 Å². The molecular weight excluding hydrogens is 208 g/mol. The maximum atomic E-state index is 5.58. The first kappa shape index (κ1) is 9.79. The molecule has 15 heavy (non-hydrogen) atoms. The van der Waals surface area contributed by atoms with E-state index in [0.29, 0.717) is 11.6 Å². The Morgan fingerprint density at radius 3 is 2.87 bits per heavy atom. The zero-order valence-electron chi connectivity index (χ0n) is 8.27. The van der Waals surface area contributed by atoms with Gasteiger partial charge in [0.2, 0.25) is 0 Å². The van der Waals surface area contributed by atoms with Gasteiger partial charge in [0.1, 0.15) is 10.8 Å². The number of aromatic nitrogens is 3. The Labute approximate surface area is 91.5 Å². The summed E-state index contributed by atoms with van der Waals surface area (Å²) in [5.41, 5.74) is 6.52. The average Bonchev–Trinajstić information content (AvgIpc) is 2.66. The number of nitrogens with zero attached hydrogens (tertiary/aromatic N) is 3. The van der Waals surface area contributed by atoms with Crippen LogP contribution in [0.5, 0.6) is 0 Å². The van der Waals surface area contributed by atoms with Gasteiger partial charge in [-0.05, 0) is 18.6 Å². The Balaban J connectivity index is 2.41. The fraction of sp³-hybridized carbons (Fsp3) is 0.100. The standard InChI is InChI=1S/C10H10N4S/c1-6(2)10-13-5-7(15-10)9-12-4-3-8(11)14-9/h3-5H,1H2,2H3,(H2,11,12,14). The van der Waals surface area contributed by atoms with Gasteiger partial charge >= 0.3 is 0 Å². The van der Waals surface area contributed by atoms with Crippen LogP contribution in [-0.4, -0.2) is 15.0 Å². The minimum atomic E-state index is 0.463. The summed E-state index contributed by atoms with van der Waals surface area (Å²) in [5, 5.41) is 0.899. The van der Waals surface area contributed by atoms with Crippen molar-refractivity contribution in [3.05, 3.63) is 30.0 Å². The molecule has 0 radical (unpaired) electrons. The minimum absolute atomic E-state index is 0.463. The summed E-state index contributed by atoms with van der Waals surface area (Å²) >= 11 is 1.51. The minimum Gasteiger partial charge on any atom is -0.384 e. The molecule has 0 aliphatic carbocycles. The van der Waals surface area contributed by atoms with Gasteiger partial charge in [-0.3, -0.25) is 0 Å². The van der Waals surface area contributed by atoms with Crippen molar-refractivity contribution in [2.45, 2.75) is 6.92 Å². The Morgan fingerprint density at radius 2 is 2.27 bits per heavy atom. The summed E-state index contributed by atoms with van der Waals surface area (Å²) in [6.45, 7) is 5.75. The smallest absolute Gasteiger partial charge is 0.173 e. The normalized spacial score (nSPS) is 10.2. The van der Waals surface area contributed by atoms with Gasteiger partial charge in [-0.1, -0.05) is 6.58 Å². The molecule has 4 nitrogen and oxygen atoms in total. The maximum absolute atomic E-state index is 5.58. The molecular formula is C10H10N4S. The van der Waals surface area contributed by atoms with Crippen LogP contribution >= 0.6 is 11.3 Å². The van der Waals surface area contributed by atoms with Crippen molar-refractivity contribution in [3.63, 3.8) is 0 Å². The zero-order valence-corrected chi connectivity index (χ0v) is 9.08. The van der Waals surface area contributed by atoms with E-state index in [4.69, 9.17) is 5.73 Å². The van der Waals surface area contributed by atoms with E-state index in [2.05, 4.69) is 21.5 Å². The SMILES string of the molecule is C=C(C)c1ncc(-c2nccc(N)n2)s1. The fourth-order valence-electron chi connectivity index (χ4n) is 1.07. The number of allylic oxidation sites excluding steroid dienone is 1. The van der Waals surface area contributed by atoms with Gasteiger partial charge in [0.25, 0.3) is 0 Å². The highest BCUT2D eigenvalue weighted by Gasteiger charge is 2.07. The van der Waals surface area contributed by atoms with E-state index >= 15 is 0 Å². The first-order chi connectivity index (χ1) is 7.16. The highest BCUT2D eigenvalue weighted by atomic mass is 32.1. The lowest BCUT2D eigenvalue weighted by atomic mass is 10.4. The monoisotopic (exact) mass is 218 g/mol. The van der Waals surface area contributed by atoms with Crippen LogP contribution < -0.4 is 5.73 Å². The summed E-state index contributed by atoms with van der Waals surface area (Å²) < 4.78 is 0. The van der Waals surface area contributed by atoms with Crippen molar-refractivity contribution in [1.29, 1.82) is 0 Å². The first-order valence-corrected chi connectivity index (χ1v) is 5.19. The van der Waals surface area contributed by atoms with Crippen molar-refractivity contribution in [2.75, 3.05) is 5.73 Å². The van der Waals surface area contributed by atoms with Gasteiger partial charge < -0.3 is 5.73 Å². The molecule has 0 atom stereocenters. The van der Waals surface area contributed by atoms with Gasteiger partial charge in [0.05, 0.1) is 4.88 Å². The predicted octanol–water partition coefficient (Wildman–Crippen LogP) is 2.22. The number of nitrogens with two attached hydrogens (primary N) is 1. The molecule has 0 fully saturated rings. The molecule has 0 aliphatic rings. The molecule has 5 heteroatoms. The second kappa shape index (κ2) is 3.78. The third-order valence-corrected chi connectivity index (χ3v) is 2.92. The molecule has 2 N–H and O–H groups in total. The number of hydrogen-bond donors (Lipinski definition) is 1. The number of thiazole rings is 1. The molecule has 0 spiro atoms. The van der Waals surface area contributed by atoms with E-state index in [1.807, 2.05) is 6.92 Å². The zero-order chi connectivity index (χ0) is 10.8. The van der Waals surface area contributed by atoms with Crippen LogP contribution in [0.3, 0.4) is 0 Å². The number of hydrogen-bond acceptors (Lipinski definition) is 5. The molecule has 0 aliphatic heterocycles. The third kappa shape index (κ3) is 2.02.